The van der Waals surface area contributed by atoms with E-state index in [1.165, 1.54) is 6.08 Å². The van der Waals surface area contributed by atoms with Crippen LogP contribution >= 0.6 is 0 Å². The maximum atomic E-state index is 14.1. The molecule has 0 amide bonds. The van der Waals surface area contributed by atoms with Crippen molar-refractivity contribution in [3.8, 4) is 0 Å². The second-order valence-corrected chi connectivity index (χ2v) is 9.86. The summed E-state index contributed by atoms with van der Waals surface area (Å²) < 4.78 is 33.3. The summed E-state index contributed by atoms with van der Waals surface area (Å²) in [5, 5.41) is 10.2. The molecule has 5 nitrogen and oxygen atoms in total. The van der Waals surface area contributed by atoms with Crippen LogP contribution in [0.15, 0.2) is 12.2 Å². The van der Waals surface area contributed by atoms with Crippen LogP contribution in [0.2, 0.25) is 0 Å². The number of hydrogen-bond acceptors (Lipinski definition) is 5. The van der Waals surface area contributed by atoms with Crippen LogP contribution in [0.3, 0.4) is 0 Å². The van der Waals surface area contributed by atoms with Gasteiger partial charge < -0.3 is 9.84 Å². The Hall–Kier alpha value is -1.63. The van der Waals surface area contributed by atoms with Crippen molar-refractivity contribution in [3.63, 3.8) is 0 Å². The Morgan fingerprint density at radius 2 is 1.68 bits per heavy atom. The quantitative estimate of drug-likeness (QED) is 0.139. The van der Waals surface area contributed by atoms with Crippen molar-refractivity contribution in [1.82, 2.24) is 0 Å². The van der Waals surface area contributed by atoms with E-state index >= 15 is 0 Å². The zero-order valence-corrected chi connectivity index (χ0v) is 21.2. The number of halogens is 2. The van der Waals surface area contributed by atoms with E-state index in [0.29, 0.717) is 25.7 Å². The van der Waals surface area contributed by atoms with Gasteiger partial charge in [0.25, 0.3) is 0 Å². The number of ether oxygens (including phenoxy) is 1. The largest absolute Gasteiger partial charge is 0.463 e. The Labute approximate surface area is 203 Å². The average molecular weight is 487 g/mol. The van der Waals surface area contributed by atoms with E-state index in [1.54, 1.807) is 0 Å². The predicted molar refractivity (Wildman–Crippen MR) is 129 cm³/mol. The van der Waals surface area contributed by atoms with Crippen molar-refractivity contribution >= 4 is 17.5 Å². The summed E-state index contributed by atoms with van der Waals surface area (Å²) >= 11 is 0. The van der Waals surface area contributed by atoms with E-state index < -0.39 is 36.1 Å². The van der Waals surface area contributed by atoms with Crippen LogP contribution in [0.5, 0.6) is 0 Å². The fourth-order valence-corrected chi connectivity index (χ4v) is 4.47. The van der Waals surface area contributed by atoms with Crippen molar-refractivity contribution in [2.24, 2.45) is 11.8 Å². The zero-order valence-electron chi connectivity index (χ0n) is 21.2. The van der Waals surface area contributed by atoms with Crippen molar-refractivity contribution in [3.05, 3.63) is 12.2 Å². The van der Waals surface area contributed by atoms with E-state index in [1.807, 2.05) is 20.8 Å². The minimum absolute atomic E-state index is 0.00769. The number of esters is 1. The molecule has 0 aromatic rings. The Morgan fingerprint density at radius 3 is 2.32 bits per heavy atom. The molecule has 0 saturated heterocycles. The molecule has 7 heteroatoms. The molecule has 1 saturated carbocycles. The minimum atomic E-state index is -3.40. The fraction of sp³-hybridized carbons (Fsp3) is 0.815. The minimum Gasteiger partial charge on any atom is -0.463 e. The third kappa shape index (κ3) is 11.7. The molecule has 3 atom stereocenters. The van der Waals surface area contributed by atoms with Gasteiger partial charge in [0, 0.05) is 31.1 Å². The van der Waals surface area contributed by atoms with Crippen molar-refractivity contribution < 1.29 is 33.0 Å². The number of aliphatic hydroxyl groups excluding tert-OH is 1. The molecule has 1 N–H and O–H groups in total. The number of hydrogen-bond donors (Lipinski definition) is 1. The van der Waals surface area contributed by atoms with E-state index in [0.717, 1.165) is 57.4 Å². The number of aliphatic hydroxyl groups is 1. The highest BCUT2D eigenvalue weighted by molar-refractivity contribution is 5.95. The number of carbonyl (C=O) groups excluding carboxylic acids is 3. The van der Waals surface area contributed by atoms with Crippen LogP contribution in [0, 0.1) is 11.8 Å². The number of ketones is 2. The molecule has 0 aromatic carbocycles. The summed E-state index contributed by atoms with van der Waals surface area (Å²) in [5.41, 5.74) is 0. The summed E-state index contributed by atoms with van der Waals surface area (Å²) in [6.45, 7) is 5.65. The van der Waals surface area contributed by atoms with Gasteiger partial charge in [-0.05, 0) is 39.2 Å². The number of rotatable bonds is 18. The molecule has 1 fully saturated rings. The van der Waals surface area contributed by atoms with Crippen LogP contribution in [0.1, 0.15) is 111 Å². The van der Waals surface area contributed by atoms with Gasteiger partial charge in [-0.2, -0.15) is 8.78 Å². The number of Topliss-reactive ketones (excluding diaryl/α,β-unsaturated/α-hetero) is 1. The lowest BCUT2D eigenvalue weighted by molar-refractivity contribution is -0.147. The molecule has 0 bridgehead atoms. The van der Waals surface area contributed by atoms with E-state index in [4.69, 9.17) is 4.74 Å². The Bertz CT molecular complexity index is 659. The van der Waals surface area contributed by atoms with Gasteiger partial charge in [0.05, 0.1) is 12.2 Å². The number of unbranched alkanes of at least 4 members (excludes halogenated alkanes) is 8. The third-order valence-electron chi connectivity index (χ3n) is 6.42. The summed E-state index contributed by atoms with van der Waals surface area (Å²) in [5.74, 6) is -5.89. The first kappa shape index (κ1) is 30.4. The first-order valence-corrected chi connectivity index (χ1v) is 13.1. The van der Waals surface area contributed by atoms with Gasteiger partial charge in [-0.1, -0.05) is 64.4 Å². The van der Waals surface area contributed by atoms with Gasteiger partial charge in [0.15, 0.2) is 0 Å². The van der Waals surface area contributed by atoms with E-state index in [-0.39, 0.29) is 24.3 Å². The first-order valence-electron chi connectivity index (χ1n) is 13.1. The highest BCUT2D eigenvalue weighted by Crippen LogP contribution is 2.35. The van der Waals surface area contributed by atoms with Crippen LogP contribution < -0.4 is 0 Å². The Morgan fingerprint density at radius 1 is 1.06 bits per heavy atom. The van der Waals surface area contributed by atoms with E-state index in [2.05, 4.69) is 0 Å². The van der Waals surface area contributed by atoms with Crippen LogP contribution in [0.25, 0.3) is 0 Å². The molecule has 1 aliphatic rings. The number of alkyl halides is 2. The molecule has 0 aliphatic heterocycles. The van der Waals surface area contributed by atoms with Gasteiger partial charge in [0.2, 0.25) is 5.78 Å². The molecule has 0 spiro atoms. The lowest BCUT2D eigenvalue weighted by Crippen LogP contribution is -2.27. The molecule has 34 heavy (non-hydrogen) atoms. The second kappa shape index (κ2) is 16.1. The molecule has 0 aromatic heterocycles. The summed E-state index contributed by atoms with van der Waals surface area (Å²) in [6.07, 6.45) is 9.93. The topological polar surface area (TPSA) is 80.7 Å². The smallest absolute Gasteiger partial charge is 0.309 e. The lowest BCUT2D eigenvalue weighted by Gasteiger charge is -2.18. The molecule has 3 unspecified atom stereocenters. The van der Waals surface area contributed by atoms with Crippen LogP contribution in [-0.2, 0) is 19.1 Å². The predicted octanol–water partition coefficient (Wildman–Crippen LogP) is 6.36. The van der Waals surface area contributed by atoms with Gasteiger partial charge in [0.1, 0.15) is 5.78 Å². The lowest BCUT2D eigenvalue weighted by atomic mass is 9.88. The third-order valence-corrected chi connectivity index (χ3v) is 6.42. The Balaban J connectivity index is 2.38. The van der Waals surface area contributed by atoms with Crippen molar-refractivity contribution in [1.29, 1.82) is 0 Å². The summed E-state index contributed by atoms with van der Waals surface area (Å²) in [6, 6.07) is 0. The maximum absolute atomic E-state index is 14.1. The standard InChI is InChI=1S/C27H44F2O5/c1-4-5-6-13-18-27(28,29)25(32)17-16-22-21(23(30)19-24(22)31)14-11-9-7-8-10-12-15-26(33)34-20(2)3/h16-17,20-22,24,31H,4-15,18-19H2,1-3H3/b17-16+. The molecule has 196 valence electrons. The van der Waals surface area contributed by atoms with Gasteiger partial charge >= 0.3 is 11.9 Å². The number of allylic oxidation sites excluding steroid dienone is 1. The van der Waals surface area contributed by atoms with Gasteiger partial charge in [-0.15, -0.1) is 0 Å². The summed E-state index contributed by atoms with van der Waals surface area (Å²) in [7, 11) is 0. The van der Waals surface area contributed by atoms with Crippen molar-refractivity contribution in [2.75, 3.05) is 0 Å². The van der Waals surface area contributed by atoms with Gasteiger partial charge in [-0.3, -0.25) is 14.4 Å². The molecule has 1 aliphatic carbocycles. The molecular weight excluding hydrogens is 442 g/mol. The maximum Gasteiger partial charge on any atom is 0.309 e. The normalized spacial score (nSPS) is 21.0. The highest BCUT2D eigenvalue weighted by atomic mass is 19.3. The van der Waals surface area contributed by atoms with Crippen LogP contribution in [0.4, 0.5) is 8.78 Å². The Kier molecular flexibility index (Phi) is 14.4. The molecule has 0 heterocycles. The average Bonchev–Trinajstić information content (AvgIpc) is 3.02. The fourth-order valence-electron chi connectivity index (χ4n) is 4.47. The zero-order chi connectivity index (χ0) is 25.6. The van der Waals surface area contributed by atoms with E-state index in [9.17, 15) is 28.3 Å². The number of carbonyl (C=O) groups is 3. The van der Waals surface area contributed by atoms with Gasteiger partial charge in [-0.25, -0.2) is 0 Å². The van der Waals surface area contributed by atoms with Crippen molar-refractivity contribution in [2.45, 2.75) is 129 Å². The molecule has 1 rings (SSSR count). The second-order valence-electron chi connectivity index (χ2n) is 9.86. The SMILES string of the molecule is CCCCCCC(F)(F)C(=O)/C=C/C1C(O)CC(=O)C1CCCCCCCCC(=O)OC(C)C. The highest BCUT2D eigenvalue weighted by Gasteiger charge is 2.41. The first-order chi connectivity index (χ1) is 16.1. The molecule has 0 radical (unpaired) electrons. The molecular formula is C27H44F2O5. The van der Waals surface area contributed by atoms with Crippen LogP contribution in [-0.4, -0.2) is 40.8 Å². The summed E-state index contributed by atoms with van der Waals surface area (Å²) in [4.78, 5) is 35.8. The monoisotopic (exact) mass is 486 g/mol.